The van der Waals surface area contributed by atoms with Crippen molar-refractivity contribution < 1.29 is 24.2 Å². The zero-order valence-electron chi connectivity index (χ0n) is 24.1. The molecule has 40 heavy (non-hydrogen) atoms. The second kappa shape index (κ2) is 12.4. The first-order valence-corrected chi connectivity index (χ1v) is 13.9. The van der Waals surface area contributed by atoms with E-state index in [1.165, 1.54) is 4.90 Å². The molecule has 0 bridgehead atoms. The topological polar surface area (TPSA) is 76.1 Å². The van der Waals surface area contributed by atoms with Crippen LogP contribution in [0.2, 0.25) is 0 Å². The summed E-state index contributed by atoms with van der Waals surface area (Å²) in [7, 11) is 1.60. The summed E-state index contributed by atoms with van der Waals surface area (Å²) in [5, 5.41) is 11.4. The number of ether oxygens (including phenoxy) is 2. The summed E-state index contributed by atoms with van der Waals surface area (Å²) < 4.78 is 11.1. The second-order valence-corrected chi connectivity index (χ2v) is 11.2. The summed E-state index contributed by atoms with van der Waals surface area (Å²) in [6, 6.07) is 21.6. The molecular formula is C34H39NO5. The van der Waals surface area contributed by atoms with Crippen molar-refractivity contribution in [1.82, 2.24) is 4.90 Å². The number of carbonyl (C=O) groups is 2. The molecule has 0 radical (unpaired) electrons. The molecule has 1 heterocycles. The zero-order chi connectivity index (χ0) is 28.9. The SMILES string of the molecule is CCCCCOc1ccc(/C(O)=C2/C(=O)C(=O)N(Cc3ccc(OC)cc3)C2c2ccc(C(C)(C)C)cc2)cc1. The van der Waals surface area contributed by atoms with Gasteiger partial charge in [0, 0.05) is 12.1 Å². The molecule has 0 aliphatic carbocycles. The molecule has 3 aromatic rings. The quantitative estimate of drug-likeness (QED) is 0.127. The number of benzene rings is 3. The highest BCUT2D eigenvalue weighted by Crippen LogP contribution is 2.41. The number of rotatable bonds is 10. The average molecular weight is 542 g/mol. The Labute approximate surface area is 237 Å². The molecule has 0 aromatic heterocycles. The van der Waals surface area contributed by atoms with Crippen LogP contribution in [0.1, 0.15) is 75.3 Å². The standard InChI is InChI=1S/C34H39NO5/c1-6-7-8-21-40-28-19-13-25(14-20-28)31(36)29-30(24-11-15-26(16-12-24)34(2,3)4)35(33(38)32(29)37)22-23-9-17-27(39-5)18-10-23/h9-20,30,36H,6-8,21-22H2,1-5H3/b31-29-. The molecule has 1 N–H and O–H groups in total. The molecule has 1 atom stereocenters. The van der Waals surface area contributed by atoms with E-state index < -0.39 is 17.7 Å². The highest BCUT2D eigenvalue weighted by Gasteiger charge is 2.46. The fourth-order valence-electron chi connectivity index (χ4n) is 4.89. The smallest absolute Gasteiger partial charge is 0.295 e. The first-order chi connectivity index (χ1) is 19.1. The lowest BCUT2D eigenvalue weighted by molar-refractivity contribution is -0.140. The van der Waals surface area contributed by atoms with Crippen molar-refractivity contribution in [2.24, 2.45) is 0 Å². The van der Waals surface area contributed by atoms with Gasteiger partial charge in [0.15, 0.2) is 0 Å². The Morgan fingerprint density at radius 3 is 2.08 bits per heavy atom. The fraction of sp³-hybridized carbons (Fsp3) is 0.353. The van der Waals surface area contributed by atoms with E-state index in [9.17, 15) is 14.7 Å². The summed E-state index contributed by atoms with van der Waals surface area (Å²) in [5.74, 6) is -0.133. The minimum atomic E-state index is -0.735. The molecular weight excluding hydrogens is 502 g/mol. The highest BCUT2D eigenvalue weighted by atomic mass is 16.5. The number of hydrogen-bond acceptors (Lipinski definition) is 5. The van der Waals surface area contributed by atoms with Gasteiger partial charge in [-0.2, -0.15) is 0 Å². The lowest BCUT2D eigenvalue weighted by Gasteiger charge is -2.26. The van der Waals surface area contributed by atoms with Gasteiger partial charge >= 0.3 is 0 Å². The predicted octanol–water partition coefficient (Wildman–Crippen LogP) is 7.18. The van der Waals surface area contributed by atoms with E-state index in [-0.39, 0.29) is 23.3 Å². The van der Waals surface area contributed by atoms with Gasteiger partial charge in [0.05, 0.1) is 25.3 Å². The van der Waals surface area contributed by atoms with Crippen molar-refractivity contribution in [1.29, 1.82) is 0 Å². The van der Waals surface area contributed by atoms with Crippen LogP contribution >= 0.6 is 0 Å². The number of carbonyl (C=O) groups excluding carboxylic acids is 2. The first-order valence-electron chi connectivity index (χ1n) is 13.9. The molecule has 0 saturated carbocycles. The van der Waals surface area contributed by atoms with Gasteiger partial charge in [0.25, 0.3) is 11.7 Å². The fourth-order valence-corrected chi connectivity index (χ4v) is 4.89. The van der Waals surface area contributed by atoms with Crippen LogP contribution in [0.5, 0.6) is 11.5 Å². The number of ketones is 1. The summed E-state index contributed by atoms with van der Waals surface area (Å²) in [5.41, 5.74) is 3.24. The van der Waals surface area contributed by atoms with Crippen molar-refractivity contribution in [2.75, 3.05) is 13.7 Å². The van der Waals surface area contributed by atoms with Crippen molar-refractivity contribution in [3.63, 3.8) is 0 Å². The van der Waals surface area contributed by atoms with E-state index in [1.807, 2.05) is 48.5 Å². The number of Topliss-reactive ketones (excluding diaryl/α,β-unsaturated/α-hetero) is 1. The predicted molar refractivity (Wildman–Crippen MR) is 157 cm³/mol. The Morgan fingerprint density at radius 1 is 0.875 bits per heavy atom. The van der Waals surface area contributed by atoms with Gasteiger partial charge in [-0.3, -0.25) is 9.59 Å². The van der Waals surface area contributed by atoms with Crippen LogP contribution in [0.15, 0.2) is 78.4 Å². The number of unbranched alkanes of at least 4 members (excludes halogenated alkanes) is 2. The lowest BCUT2D eigenvalue weighted by Crippen LogP contribution is -2.29. The van der Waals surface area contributed by atoms with Crippen molar-refractivity contribution in [3.8, 4) is 11.5 Å². The minimum Gasteiger partial charge on any atom is -0.507 e. The third-order valence-electron chi connectivity index (χ3n) is 7.29. The third kappa shape index (κ3) is 6.39. The van der Waals surface area contributed by atoms with Crippen LogP contribution in [-0.4, -0.2) is 35.4 Å². The average Bonchev–Trinajstić information content (AvgIpc) is 3.20. The molecule has 6 nitrogen and oxygen atoms in total. The van der Waals surface area contributed by atoms with Crippen molar-refractivity contribution in [2.45, 2.75) is 65.0 Å². The molecule has 1 saturated heterocycles. The van der Waals surface area contributed by atoms with Crippen LogP contribution in [0.3, 0.4) is 0 Å². The van der Waals surface area contributed by atoms with Gasteiger partial charge in [-0.05, 0) is 64.9 Å². The van der Waals surface area contributed by atoms with Crippen molar-refractivity contribution >= 4 is 17.4 Å². The van der Waals surface area contributed by atoms with Gasteiger partial charge in [-0.25, -0.2) is 0 Å². The van der Waals surface area contributed by atoms with Gasteiger partial charge in [0.2, 0.25) is 0 Å². The Hall–Kier alpha value is -4.06. The van der Waals surface area contributed by atoms with Gasteiger partial charge < -0.3 is 19.5 Å². The summed E-state index contributed by atoms with van der Waals surface area (Å²) in [6.45, 7) is 9.38. The summed E-state index contributed by atoms with van der Waals surface area (Å²) >= 11 is 0. The Kier molecular flexibility index (Phi) is 8.98. The number of nitrogens with zero attached hydrogens (tertiary/aromatic N) is 1. The molecule has 1 amide bonds. The molecule has 3 aromatic carbocycles. The minimum absolute atomic E-state index is 0.0518. The number of likely N-dealkylation sites (tertiary alicyclic amines) is 1. The molecule has 0 spiro atoms. The van der Waals surface area contributed by atoms with Gasteiger partial charge in [-0.1, -0.05) is 76.9 Å². The van der Waals surface area contributed by atoms with E-state index in [2.05, 4.69) is 27.7 Å². The Bertz CT molecular complexity index is 1350. The van der Waals surface area contributed by atoms with E-state index in [0.717, 1.165) is 36.0 Å². The van der Waals surface area contributed by atoms with E-state index in [4.69, 9.17) is 9.47 Å². The molecule has 1 unspecified atom stereocenters. The van der Waals surface area contributed by atoms with Gasteiger partial charge in [-0.15, -0.1) is 0 Å². The van der Waals surface area contributed by atoms with Crippen LogP contribution in [0.25, 0.3) is 5.76 Å². The highest BCUT2D eigenvalue weighted by molar-refractivity contribution is 6.46. The second-order valence-electron chi connectivity index (χ2n) is 11.2. The number of aliphatic hydroxyl groups excluding tert-OH is 1. The van der Waals surface area contributed by atoms with E-state index in [1.54, 1.807) is 31.4 Å². The normalized spacial score (nSPS) is 16.8. The number of amides is 1. The van der Waals surface area contributed by atoms with Crippen LogP contribution < -0.4 is 9.47 Å². The molecule has 4 rings (SSSR count). The number of methoxy groups -OCH3 is 1. The Balaban J connectivity index is 1.72. The van der Waals surface area contributed by atoms with E-state index >= 15 is 0 Å². The molecule has 1 aliphatic rings. The van der Waals surface area contributed by atoms with Gasteiger partial charge in [0.1, 0.15) is 17.3 Å². The maximum Gasteiger partial charge on any atom is 0.295 e. The van der Waals surface area contributed by atoms with Crippen LogP contribution in [0, 0.1) is 0 Å². The number of aliphatic hydroxyl groups is 1. The molecule has 1 fully saturated rings. The third-order valence-corrected chi connectivity index (χ3v) is 7.29. The molecule has 1 aliphatic heterocycles. The van der Waals surface area contributed by atoms with E-state index in [0.29, 0.717) is 23.7 Å². The lowest BCUT2D eigenvalue weighted by atomic mass is 9.85. The van der Waals surface area contributed by atoms with Crippen molar-refractivity contribution in [3.05, 3.63) is 101 Å². The monoisotopic (exact) mass is 541 g/mol. The first kappa shape index (κ1) is 28.9. The molecule has 6 heteroatoms. The number of hydrogen-bond donors (Lipinski definition) is 1. The van der Waals surface area contributed by atoms with Crippen LogP contribution in [0.4, 0.5) is 0 Å². The zero-order valence-corrected chi connectivity index (χ0v) is 24.1. The molecule has 210 valence electrons. The van der Waals surface area contributed by atoms with Crippen LogP contribution in [-0.2, 0) is 21.5 Å². The maximum atomic E-state index is 13.4. The summed E-state index contributed by atoms with van der Waals surface area (Å²) in [6.07, 6.45) is 3.20. The maximum absolute atomic E-state index is 13.4. The largest absolute Gasteiger partial charge is 0.507 e. The summed E-state index contributed by atoms with van der Waals surface area (Å²) in [4.78, 5) is 28.4. The Morgan fingerprint density at radius 2 is 1.50 bits per heavy atom.